The lowest BCUT2D eigenvalue weighted by Crippen LogP contribution is -2.33. The van der Waals surface area contributed by atoms with E-state index in [0.717, 1.165) is 0 Å². The second kappa shape index (κ2) is 4.92. The summed E-state index contributed by atoms with van der Waals surface area (Å²) in [5.74, 6) is -0.961. The zero-order valence-electron chi connectivity index (χ0n) is 11.2. The number of aryl methyl sites for hydroxylation is 1. The third kappa shape index (κ3) is 2.19. The highest BCUT2D eigenvalue weighted by molar-refractivity contribution is 6.04. The fraction of sp³-hybridized carbons (Fsp3) is 0.500. The Morgan fingerprint density at radius 1 is 1.48 bits per heavy atom. The molecule has 21 heavy (non-hydrogen) atoms. The summed E-state index contributed by atoms with van der Waals surface area (Å²) in [6.45, 7) is 0. The topological polar surface area (TPSA) is 113 Å². The number of nitrogens with one attached hydrogen (secondary N) is 1. The number of fused-ring (bicyclic) bond motifs is 1. The summed E-state index contributed by atoms with van der Waals surface area (Å²) in [7, 11) is 1.58. The number of alkyl halides is 1. The van der Waals surface area contributed by atoms with Gasteiger partial charge in [-0.1, -0.05) is 0 Å². The summed E-state index contributed by atoms with van der Waals surface area (Å²) in [5.41, 5.74) is 0.175. The molecule has 112 valence electrons. The predicted octanol–water partition coefficient (Wildman–Crippen LogP) is 0.335. The zero-order chi connectivity index (χ0) is 15.1. The van der Waals surface area contributed by atoms with Gasteiger partial charge < -0.3 is 15.5 Å². The van der Waals surface area contributed by atoms with Crippen LogP contribution < -0.4 is 5.32 Å². The molecule has 3 atom stereocenters. The van der Waals surface area contributed by atoms with Crippen LogP contribution in [-0.4, -0.2) is 54.2 Å². The van der Waals surface area contributed by atoms with Gasteiger partial charge in [-0.15, -0.1) is 0 Å². The number of aliphatic hydroxyl groups is 1. The van der Waals surface area contributed by atoms with E-state index >= 15 is 0 Å². The minimum atomic E-state index is -1.28. The second-order valence-electron chi connectivity index (χ2n) is 5.03. The number of hydrogen-bond acceptors (Lipinski definition) is 6. The molecule has 1 fully saturated rings. The van der Waals surface area contributed by atoms with Gasteiger partial charge in [0, 0.05) is 7.05 Å². The minimum Gasteiger partial charge on any atom is -0.476 e. The van der Waals surface area contributed by atoms with Crippen LogP contribution in [0.1, 0.15) is 23.3 Å². The second-order valence-corrected chi connectivity index (χ2v) is 5.03. The average Bonchev–Trinajstić information content (AvgIpc) is 2.95. The van der Waals surface area contributed by atoms with Crippen LogP contribution in [0.2, 0.25) is 0 Å². The van der Waals surface area contributed by atoms with E-state index in [1.165, 1.54) is 11.0 Å². The summed E-state index contributed by atoms with van der Waals surface area (Å²) < 4.78 is 14.7. The maximum Gasteiger partial charge on any atom is 0.357 e. The van der Waals surface area contributed by atoms with Gasteiger partial charge in [-0.05, 0) is 12.8 Å². The molecular formula is C12H14FN5O3. The first kappa shape index (κ1) is 13.7. The molecule has 2 heterocycles. The minimum absolute atomic E-state index is 0.181. The number of hydrogen-bond donors (Lipinski definition) is 3. The maximum atomic E-state index is 13.4. The van der Waals surface area contributed by atoms with Crippen molar-refractivity contribution in [2.45, 2.75) is 31.2 Å². The third-order valence-electron chi connectivity index (χ3n) is 3.68. The van der Waals surface area contributed by atoms with E-state index < -0.39 is 24.3 Å². The molecule has 0 amide bonds. The van der Waals surface area contributed by atoms with Crippen molar-refractivity contribution >= 4 is 22.8 Å². The largest absolute Gasteiger partial charge is 0.476 e. The van der Waals surface area contributed by atoms with Gasteiger partial charge >= 0.3 is 5.97 Å². The van der Waals surface area contributed by atoms with Crippen molar-refractivity contribution in [1.29, 1.82) is 0 Å². The van der Waals surface area contributed by atoms with Gasteiger partial charge in [0.05, 0.1) is 11.4 Å². The normalized spacial score (nSPS) is 25.4. The third-order valence-corrected chi connectivity index (χ3v) is 3.68. The Morgan fingerprint density at radius 3 is 2.86 bits per heavy atom. The van der Waals surface area contributed by atoms with E-state index in [1.54, 1.807) is 7.05 Å². The van der Waals surface area contributed by atoms with Gasteiger partial charge in [0.2, 0.25) is 0 Å². The predicted molar refractivity (Wildman–Crippen MR) is 70.8 cm³/mol. The number of anilines is 1. The van der Waals surface area contributed by atoms with Gasteiger partial charge in [0.1, 0.15) is 24.4 Å². The molecule has 1 aliphatic rings. The molecule has 3 N–H and O–H groups in total. The molecule has 0 saturated heterocycles. The number of halogens is 1. The van der Waals surface area contributed by atoms with Gasteiger partial charge in [0.15, 0.2) is 11.3 Å². The summed E-state index contributed by atoms with van der Waals surface area (Å²) in [5, 5.41) is 26.0. The Hall–Kier alpha value is -2.29. The Kier molecular flexibility index (Phi) is 3.20. The average molecular weight is 295 g/mol. The Labute approximate surface area is 118 Å². The molecule has 2 aromatic rings. The highest BCUT2D eigenvalue weighted by Crippen LogP contribution is 2.29. The summed E-state index contributed by atoms with van der Waals surface area (Å²) in [4.78, 5) is 19.3. The lowest BCUT2D eigenvalue weighted by Gasteiger charge is -2.18. The van der Waals surface area contributed by atoms with E-state index in [9.17, 15) is 19.4 Å². The van der Waals surface area contributed by atoms with E-state index in [0.29, 0.717) is 12.1 Å². The maximum absolute atomic E-state index is 13.4. The van der Waals surface area contributed by atoms with Crippen molar-refractivity contribution in [3.8, 4) is 0 Å². The van der Waals surface area contributed by atoms with E-state index in [1.807, 2.05) is 0 Å². The Morgan fingerprint density at radius 2 is 2.24 bits per heavy atom. The Bertz CT molecular complexity index is 704. The number of carbonyl (C=O) groups is 1. The summed E-state index contributed by atoms with van der Waals surface area (Å²) >= 11 is 0. The van der Waals surface area contributed by atoms with Gasteiger partial charge in [0.25, 0.3) is 0 Å². The number of aromatic nitrogens is 4. The first-order valence-corrected chi connectivity index (χ1v) is 6.48. The smallest absolute Gasteiger partial charge is 0.357 e. The molecule has 3 rings (SSSR count). The van der Waals surface area contributed by atoms with Crippen molar-refractivity contribution in [3.05, 3.63) is 12.0 Å². The SMILES string of the molecule is Cn1nc(C(=O)O)c2c(N[C@@H]3CC[C@H](F)[C@H]3O)ncnc21. The molecule has 1 saturated carbocycles. The van der Waals surface area contributed by atoms with Crippen molar-refractivity contribution in [3.63, 3.8) is 0 Å². The summed E-state index contributed by atoms with van der Waals surface area (Å²) in [6, 6.07) is -0.514. The number of carboxylic acid groups (broad SMARTS) is 1. The summed E-state index contributed by atoms with van der Waals surface area (Å²) in [6.07, 6.45) is -0.457. The van der Waals surface area contributed by atoms with Crippen LogP contribution in [0.15, 0.2) is 6.33 Å². The monoisotopic (exact) mass is 295 g/mol. The number of aliphatic hydroxyl groups excluding tert-OH is 1. The molecule has 9 heteroatoms. The number of rotatable bonds is 3. The molecule has 0 bridgehead atoms. The molecular weight excluding hydrogens is 281 g/mol. The van der Waals surface area contributed by atoms with Gasteiger partial charge in [-0.2, -0.15) is 5.10 Å². The van der Waals surface area contributed by atoms with Crippen LogP contribution in [0.25, 0.3) is 11.0 Å². The quantitative estimate of drug-likeness (QED) is 0.748. The molecule has 1 aliphatic carbocycles. The van der Waals surface area contributed by atoms with Crippen molar-refractivity contribution in [1.82, 2.24) is 19.7 Å². The van der Waals surface area contributed by atoms with Crippen LogP contribution in [0, 0.1) is 0 Å². The van der Waals surface area contributed by atoms with Crippen molar-refractivity contribution in [2.75, 3.05) is 5.32 Å². The zero-order valence-corrected chi connectivity index (χ0v) is 11.2. The molecule has 0 aromatic carbocycles. The fourth-order valence-corrected chi connectivity index (χ4v) is 2.61. The number of nitrogens with zero attached hydrogens (tertiary/aromatic N) is 4. The van der Waals surface area contributed by atoms with Gasteiger partial charge in [-0.25, -0.2) is 23.8 Å². The molecule has 0 spiro atoms. The van der Waals surface area contributed by atoms with Crippen LogP contribution in [0.4, 0.5) is 10.2 Å². The van der Waals surface area contributed by atoms with E-state index in [2.05, 4.69) is 20.4 Å². The molecule has 8 nitrogen and oxygen atoms in total. The van der Waals surface area contributed by atoms with E-state index in [-0.39, 0.29) is 23.3 Å². The molecule has 0 unspecified atom stereocenters. The standard InChI is InChI=1S/C12H14FN5O3/c1-18-11-7(8(17-18)12(20)21)10(14-4-15-11)16-6-3-2-5(13)9(6)19/h4-6,9,19H,2-3H2,1H3,(H,20,21)(H,14,15,16)/t5-,6+,9+/m0/s1. The molecule has 2 aromatic heterocycles. The highest BCUT2D eigenvalue weighted by Gasteiger charge is 2.35. The van der Waals surface area contributed by atoms with Crippen LogP contribution >= 0.6 is 0 Å². The van der Waals surface area contributed by atoms with Crippen molar-refractivity contribution in [2.24, 2.45) is 7.05 Å². The number of aromatic carboxylic acids is 1. The first-order chi connectivity index (χ1) is 9.99. The Balaban J connectivity index is 2.04. The van der Waals surface area contributed by atoms with E-state index in [4.69, 9.17) is 0 Å². The molecule has 0 aliphatic heterocycles. The lowest BCUT2D eigenvalue weighted by atomic mass is 10.2. The van der Waals surface area contributed by atoms with Crippen LogP contribution in [-0.2, 0) is 7.05 Å². The van der Waals surface area contributed by atoms with Gasteiger partial charge in [-0.3, -0.25) is 0 Å². The van der Waals surface area contributed by atoms with Crippen LogP contribution in [0.3, 0.4) is 0 Å². The first-order valence-electron chi connectivity index (χ1n) is 6.48. The van der Waals surface area contributed by atoms with Crippen molar-refractivity contribution < 1.29 is 19.4 Å². The van der Waals surface area contributed by atoms with Crippen LogP contribution in [0.5, 0.6) is 0 Å². The molecule has 0 radical (unpaired) electrons. The fourth-order valence-electron chi connectivity index (χ4n) is 2.61. The lowest BCUT2D eigenvalue weighted by molar-refractivity contribution is 0.0691. The highest BCUT2D eigenvalue weighted by atomic mass is 19.1. The number of carboxylic acids is 1.